The Hall–Kier alpha value is -1.86. The maximum atomic E-state index is 6.32. The van der Waals surface area contributed by atoms with E-state index in [1.807, 2.05) is 13.2 Å². The van der Waals surface area contributed by atoms with Gasteiger partial charge >= 0.3 is 0 Å². The molecule has 0 aromatic carbocycles. The summed E-state index contributed by atoms with van der Waals surface area (Å²) < 4.78 is 1.73. The van der Waals surface area contributed by atoms with E-state index >= 15 is 0 Å². The number of nitrogens with one attached hydrogen (secondary N) is 3. The van der Waals surface area contributed by atoms with Crippen molar-refractivity contribution in [1.82, 2.24) is 25.1 Å². The van der Waals surface area contributed by atoms with E-state index in [1.54, 1.807) is 17.1 Å². The molecule has 8 heteroatoms. The zero-order valence-corrected chi connectivity index (χ0v) is 14.5. The summed E-state index contributed by atoms with van der Waals surface area (Å²) in [6, 6.07) is 0.360. The first-order chi connectivity index (χ1) is 11.6. The van der Waals surface area contributed by atoms with Gasteiger partial charge < -0.3 is 16.0 Å². The SMILES string of the molecule is Cn1cc(Nc2ncc(Cl)c(NC3CNCC34CCCC4)n2)cn1. The Morgan fingerprint density at radius 3 is 2.92 bits per heavy atom. The first-order valence-electron chi connectivity index (χ1n) is 8.40. The van der Waals surface area contributed by atoms with Crippen molar-refractivity contribution in [1.29, 1.82) is 0 Å². The summed E-state index contributed by atoms with van der Waals surface area (Å²) in [6.45, 7) is 2.03. The van der Waals surface area contributed by atoms with Crippen LogP contribution in [0.3, 0.4) is 0 Å². The monoisotopic (exact) mass is 347 g/mol. The number of aromatic nitrogens is 4. The molecule has 3 heterocycles. The van der Waals surface area contributed by atoms with Gasteiger partial charge in [-0.2, -0.15) is 10.1 Å². The topological polar surface area (TPSA) is 79.7 Å². The third kappa shape index (κ3) is 2.93. The second kappa shape index (κ2) is 6.22. The predicted octanol–water partition coefficient (Wildman–Crippen LogP) is 2.55. The van der Waals surface area contributed by atoms with Gasteiger partial charge in [-0.3, -0.25) is 4.68 Å². The van der Waals surface area contributed by atoms with Crippen molar-refractivity contribution in [3.8, 4) is 0 Å². The van der Waals surface area contributed by atoms with E-state index in [2.05, 4.69) is 31.0 Å². The van der Waals surface area contributed by atoms with Gasteiger partial charge in [0.25, 0.3) is 0 Å². The smallest absolute Gasteiger partial charge is 0.229 e. The first-order valence-corrected chi connectivity index (χ1v) is 8.78. The molecule has 2 aromatic heterocycles. The number of anilines is 3. The molecule has 2 aromatic rings. The Morgan fingerprint density at radius 1 is 1.33 bits per heavy atom. The van der Waals surface area contributed by atoms with Crippen LogP contribution in [0.1, 0.15) is 25.7 Å². The molecular weight excluding hydrogens is 326 g/mol. The molecule has 0 bridgehead atoms. The lowest BCUT2D eigenvalue weighted by Gasteiger charge is -2.31. The minimum absolute atomic E-state index is 0.339. The Morgan fingerprint density at radius 2 is 2.17 bits per heavy atom. The van der Waals surface area contributed by atoms with Gasteiger partial charge in [-0.15, -0.1) is 0 Å². The fraction of sp³-hybridized carbons (Fsp3) is 0.562. The zero-order valence-electron chi connectivity index (χ0n) is 13.7. The number of hydrogen-bond donors (Lipinski definition) is 3. The standard InChI is InChI=1S/C16H22ClN7/c1-24-9-11(6-20-24)21-15-19-7-12(17)14(23-15)22-13-8-18-10-16(13)4-2-3-5-16/h6-7,9,13,18H,2-5,8,10H2,1H3,(H2,19,21,22,23). The van der Waals surface area contributed by atoms with Gasteiger partial charge in [0.2, 0.25) is 5.95 Å². The Kier molecular flexibility index (Phi) is 4.05. The fourth-order valence-electron chi connectivity index (χ4n) is 3.92. The molecule has 1 saturated carbocycles. The lowest BCUT2D eigenvalue weighted by molar-refractivity contribution is 0.310. The maximum Gasteiger partial charge on any atom is 0.229 e. The molecule has 2 fully saturated rings. The molecule has 1 atom stereocenters. The van der Waals surface area contributed by atoms with Crippen LogP contribution in [0.5, 0.6) is 0 Å². The Labute approximate surface area is 146 Å². The third-order valence-corrected chi connectivity index (χ3v) is 5.46. The van der Waals surface area contributed by atoms with Crippen LogP contribution in [0.2, 0.25) is 5.02 Å². The summed E-state index contributed by atoms with van der Waals surface area (Å²) in [5.74, 6) is 1.21. The fourth-order valence-corrected chi connectivity index (χ4v) is 4.07. The highest BCUT2D eigenvalue weighted by Gasteiger charge is 2.45. The highest BCUT2D eigenvalue weighted by atomic mass is 35.5. The molecular formula is C16H22ClN7. The molecule has 1 aliphatic carbocycles. The van der Waals surface area contributed by atoms with Gasteiger partial charge in [-0.1, -0.05) is 24.4 Å². The number of rotatable bonds is 4. The molecule has 0 amide bonds. The van der Waals surface area contributed by atoms with Crippen LogP contribution >= 0.6 is 11.6 Å². The predicted molar refractivity (Wildman–Crippen MR) is 94.7 cm³/mol. The molecule has 4 rings (SSSR count). The van der Waals surface area contributed by atoms with Crippen LogP contribution < -0.4 is 16.0 Å². The molecule has 1 unspecified atom stereocenters. The summed E-state index contributed by atoms with van der Waals surface area (Å²) in [5.41, 5.74) is 1.19. The maximum absolute atomic E-state index is 6.32. The number of aryl methyl sites for hydroxylation is 1. The normalized spacial score (nSPS) is 22.2. The van der Waals surface area contributed by atoms with Crippen molar-refractivity contribution in [3.63, 3.8) is 0 Å². The number of halogens is 1. The van der Waals surface area contributed by atoms with Gasteiger partial charge in [-0.25, -0.2) is 4.98 Å². The first kappa shape index (κ1) is 15.7. The molecule has 1 spiro atoms. The van der Waals surface area contributed by atoms with E-state index in [0.29, 0.717) is 28.2 Å². The van der Waals surface area contributed by atoms with E-state index in [1.165, 1.54) is 25.7 Å². The number of hydrogen-bond acceptors (Lipinski definition) is 6. The minimum Gasteiger partial charge on any atom is -0.364 e. The zero-order chi connectivity index (χ0) is 16.6. The Balaban J connectivity index is 1.53. The third-order valence-electron chi connectivity index (χ3n) is 5.18. The highest BCUT2D eigenvalue weighted by Crippen LogP contribution is 2.44. The van der Waals surface area contributed by atoms with Gasteiger partial charge in [0.05, 0.1) is 18.1 Å². The molecule has 7 nitrogen and oxygen atoms in total. The average molecular weight is 348 g/mol. The van der Waals surface area contributed by atoms with Gasteiger partial charge in [0.1, 0.15) is 5.02 Å². The Bertz CT molecular complexity index is 717. The van der Waals surface area contributed by atoms with E-state index < -0.39 is 0 Å². The molecule has 24 heavy (non-hydrogen) atoms. The van der Waals surface area contributed by atoms with Crippen LogP contribution in [0.4, 0.5) is 17.5 Å². The summed E-state index contributed by atoms with van der Waals surface area (Å²) in [7, 11) is 1.87. The largest absolute Gasteiger partial charge is 0.364 e. The average Bonchev–Trinajstić information content (AvgIpc) is 3.28. The van der Waals surface area contributed by atoms with Gasteiger partial charge in [-0.05, 0) is 12.8 Å². The van der Waals surface area contributed by atoms with Gasteiger partial charge in [0.15, 0.2) is 5.82 Å². The van der Waals surface area contributed by atoms with Crippen molar-refractivity contribution in [2.45, 2.75) is 31.7 Å². The molecule has 1 saturated heterocycles. The van der Waals surface area contributed by atoms with E-state index in [0.717, 1.165) is 18.8 Å². The van der Waals surface area contributed by atoms with Gasteiger partial charge in [0, 0.05) is 37.8 Å². The summed E-state index contributed by atoms with van der Waals surface area (Å²) in [6.07, 6.45) is 10.4. The summed E-state index contributed by atoms with van der Waals surface area (Å²) in [5, 5.41) is 14.9. The van der Waals surface area contributed by atoms with E-state index in [-0.39, 0.29) is 0 Å². The van der Waals surface area contributed by atoms with Crippen molar-refractivity contribution >= 4 is 29.1 Å². The van der Waals surface area contributed by atoms with Crippen molar-refractivity contribution in [2.24, 2.45) is 12.5 Å². The van der Waals surface area contributed by atoms with Crippen molar-refractivity contribution in [2.75, 3.05) is 23.7 Å². The van der Waals surface area contributed by atoms with Crippen molar-refractivity contribution in [3.05, 3.63) is 23.6 Å². The molecule has 1 aliphatic heterocycles. The lowest BCUT2D eigenvalue weighted by Crippen LogP contribution is -2.37. The second-order valence-electron chi connectivity index (χ2n) is 6.82. The lowest BCUT2D eigenvalue weighted by atomic mass is 9.81. The number of nitrogens with zero attached hydrogens (tertiary/aromatic N) is 4. The quantitative estimate of drug-likeness (QED) is 0.788. The van der Waals surface area contributed by atoms with Crippen LogP contribution in [-0.4, -0.2) is 38.9 Å². The van der Waals surface area contributed by atoms with Crippen LogP contribution in [0.25, 0.3) is 0 Å². The highest BCUT2D eigenvalue weighted by molar-refractivity contribution is 6.32. The molecule has 128 valence electrons. The van der Waals surface area contributed by atoms with Crippen LogP contribution in [0.15, 0.2) is 18.6 Å². The molecule has 3 N–H and O–H groups in total. The summed E-state index contributed by atoms with van der Waals surface area (Å²) in [4.78, 5) is 8.83. The second-order valence-corrected chi connectivity index (χ2v) is 7.22. The minimum atomic E-state index is 0.339. The van der Waals surface area contributed by atoms with E-state index in [9.17, 15) is 0 Å². The summed E-state index contributed by atoms with van der Waals surface area (Å²) >= 11 is 6.32. The van der Waals surface area contributed by atoms with Crippen LogP contribution in [0, 0.1) is 5.41 Å². The van der Waals surface area contributed by atoms with E-state index in [4.69, 9.17) is 11.6 Å². The van der Waals surface area contributed by atoms with Crippen molar-refractivity contribution < 1.29 is 0 Å². The molecule has 0 radical (unpaired) electrons. The molecule has 2 aliphatic rings. The van der Waals surface area contributed by atoms with Crippen LogP contribution in [-0.2, 0) is 7.05 Å².